The summed E-state index contributed by atoms with van der Waals surface area (Å²) < 4.78 is 0. The summed E-state index contributed by atoms with van der Waals surface area (Å²) in [6, 6.07) is 6.12. The van der Waals surface area contributed by atoms with E-state index in [1.54, 1.807) is 27.7 Å². The van der Waals surface area contributed by atoms with Crippen molar-refractivity contribution < 1.29 is 20.4 Å². The van der Waals surface area contributed by atoms with E-state index in [9.17, 15) is 10.2 Å². The van der Waals surface area contributed by atoms with Crippen molar-refractivity contribution in [2.45, 2.75) is 48.0 Å². The molecule has 0 fully saturated rings. The SMILES string of the molecule is CCC.Cc1cc(O)cc(C)c1O.Cc1cc(O)cc(C)c1O. The number of benzene rings is 2. The molecule has 0 aliphatic rings. The molecule has 0 saturated carbocycles. The zero-order valence-corrected chi connectivity index (χ0v) is 14.8. The van der Waals surface area contributed by atoms with Gasteiger partial charge in [0.15, 0.2) is 0 Å². The summed E-state index contributed by atoms with van der Waals surface area (Å²) in [6.07, 6.45) is 1.25. The fourth-order valence-corrected chi connectivity index (χ4v) is 1.87. The third kappa shape index (κ3) is 6.96. The van der Waals surface area contributed by atoms with Crippen LogP contribution in [0.2, 0.25) is 0 Å². The van der Waals surface area contributed by atoms with Gasteiger partial charge < -0.3 is 20.4 Å². The van der Waals surface area contributed by atoms with Gasteiger partial charge in [0.25, 0.3) is 0 Å². The summed E-state index contributed by atoms with van der Waals surface area (Å²) in [4.78, 5) is 0. The third-order valence-corrected chi connectivity index (χ3v) is 2.95. The fraction of sp³-hybridized carbons (Fsp3) is 0.368. The molecule has 4 heteroatoms. The van der Waals surface area contributed by atoms with Crippen LogP contribution in [0.25, 0.3) is 0 Å². The van der Waals surface area contributed by atoms with Crippen molar-refractivity contribution in [3.63, 3.8) is 0 Å². The molecule has 0 radical (unpaired) electrons. The standard InChI is InChI=1S/2C8H10O2.C3H8/c2*1-5-3-7(9)4-6(2)8(5)10;1-3-2/h2*3-4,9-10H,1-2H3;3H2,1-2H3. The number of rotatable bonds is 0. The Labute approximate surface area is 138 Å². The lowest BCUT2D eigenvalue weighted by Gasteiger charge is -2.02. The molecule has 0 atom stereocenters. The molecule has 2 aromatic carbocycles. The molecule has 0 heterocycles. The van der Waals surface area contributed by atoms with Gasteiger partial charge in [-0.2, -0.15) is 0 Å². The molecule has 0 saturated heterocycles. The Hall–Kier alpha value is -2.36. The number of hydrogen-bond acceptors (Lipinski definition) is 4. The Morgan fingerprint density at radius 2 is 0.739 bits per heavy atom. The number of phenolic OH excluding ortho intramolecular Hbond substituents is 4. The van der Waals surface area contributed by atoms with Gasteiger partial charge in [0.2, 0.25) is 0 Å². The van der Waals surface area contributed by atoms with E-state index in [-0.39, 0.29) is 23.0 Å². The zero-order valence-electron chi connectivity index (χ0n) is 14.8. The molecule has 0 aromatic heterocycles. The lowest BCUT2D eigenvalue weighted by Crippen LogP contribution is -1.78. The second-order valence-electron chi connectivity index (χ2n) is 5.56. The van der Waals surface area contributed by atoms with Crippen LogP contribution in [0.1, 0.15) is 42.5 Å². The van der Waals surface area contributed by atoms with Crippen LogP contribution in [-0.4, -0.2) is 20.4 Å². The Bertz CT molecular complexity index is 532. The summed E-state index contributed by atoms with van der Waals surface area (Å²) in [5.74, 6) is 0.927. The van der Waals surface area contributed by atoms with Crippen molar-refractivity contribution in [3.8, 4) is 23.0 Å². The van der Waals surface area contributed by atoms with Crippen LogP contribution in [0.15, 0.2) is 24.3 Å². The first-order valence-corrected chi connectivity index (χ1v) is 7.62. The minimum Gasteiger partial charge on any atom is -0.508 e. The number of hydrogen-bond donors (Lipinski definition) is 4. The molecule has 23 heavy (non-hydrogen) atoms. The van der Waals surface area contributed by atoms with Crippen molar-refractivity contribution in [3.05, 3.63) is 46.5 Å². The average molecular weight is 320 g/mol. The van der Waals surface area contributed by atoms with Crippen molar-refractivity contribution in [1.29, 1.82) is 0 Å². The van der Waals surface area contributed by atoms with Crippen molar-refractivity contribution in [1.82, 2.24) is 0 Å². The van der Waals surface area contributed by atoms with Crippen LogP contribution in [0.3, 0.4) is 0 Å². The van der Waals surface area contributed by atoms with Gasteiger partial charge in [0, 0.05) is 0 Å². The molecule has 2 rings (SSSR count). The highest BCUT2D eigenvalue weighted by Gasteiger charge is 2.01. The van der Waals surface area contributed by atoms with E-state index in [4.69, 9.17) is 10.2 Å². The highest BCUT2D eigenvalue weighted by molar-refractivity contribution is 5.44. The van der Waals surface area contributed by atoms with Gasteiger partial charge in [-0.15, -0.1) is 0 Å². The molecule has 4 N–H and O–H groups in total. The maximum absolute atomic E-state index is 9.22. The molecular formula is C19H28O4. The molecule has 0 spiro atoms. The molecular weight excluding hydrogens is 292 g/mol. The first-order chi connectivity index (χ1) is 10.6. The normalized spacial score (nSPS) is 9.30. The first kappa shape index (κ1) is 20.6. The maximum Gasteiger partial charge on any atom is 0.121 e. The van der Waals surface area contributed by atoms with E-state index in [1.165, 1.54) is 30.7 Å². The average Bonchev–Trinajstić information content (AvgIpc) is 2.43. The molecule has 2 aromatic rings. The maximum atomic E-state index is 9.22. The Morgan fingerprint density at radius 3 is 0.913 bits per heavy atom. The molecule has 0 unspecified atom stereocenters. The van der Waals surface area contributed by atoms with E-state index in [1.807, 2.05) is 0 Å². The third-order valence-electron chi connectivity index (χ3n) is 2.95. The minimum atomic E-state index is 0.202. The van der Waals surface area contributed by atoms with Crippen LogP contribution in [-0.2, 0) is 0 Å². The number of phenols is 4. The predicted octanol–water partition coefficient (Wildman–Crippen LogP) is 4.85. The number of aromatic hydroxyl groups is 4. The Morgan fingerprint density at radius 1 is 0.565 bits per heavy atom. The van der Waals surface area contributed by atoms with Crippen LogP contribution >= 0.6 is 0 Å². The Balaban J connectivity index is 0.000000360. The highest BCUT2D eigenvalue weighted by atomic mass is 16.3. The second kappa shape index (κ2) is 9.62. The zero-order chi connectivity index (χ0) is 18.2. The van der Waals surface area contributed by atoms with Gasteiger partial charge in [0.1, 0.15) is 23.0 Å². The summed E-state index contributed by atoms with van der Waals surface area (Å²) in [6.45, 7) is 11.3. The van der Waals surface area contributed by atoms with E-state index >= 15 is 0 Å². The monoisotopic (exact) mass is 320 g/mol. The van der Waals surface area contributed by atoms with Gasteiger partial charge in [-0.1, -0.05) is 20.3 Å². The predicted molar refractivity (Wildman–Crippen MR) is 94.5 cm³/mol. The van der Waals surface area contributed by atoms with Gasteiger partial charge in [0.05, 0.1) is 0 Å². The quantitative estimate of drug-likeness (QED) is 0.523. The lowest BCUT2D eigenvalue weighted by molar-refractivity contribution is 0.453. The van der Waals surface area contributed by atoms with Crippen molar-refractivity contribution in [2.24, 2.45) is 0 Å². The first-order valence-electron chi connectivity index (χ1n) is 7.62. The van der Waals surface area contributed by atoms with Crippen LogP contribution in [0.5, 0.6) is 23.0 Å². The van der Waals surface area contributed by atoms with E-state index in [2.05, 4.69) is 13.8 Å². The molecule has 0 aliphatic carbocycles. The van der Waals surface area contributed by atoms with Gasteiger partial charge >= 0.3 is 0 Å². The molecule has 0 bridgehead atoms. The molecule has 4 nitrogen and oxygen atoms in total. The van der Waals surface area contributed by atoms with Crippen LogP contribution in [0, 0.1) is 27.7 Å². The fourth-order valence-electron chi connectivity index (χ4n) is 1.87. The highest BCUT2D eigenvalue weighted by Crippen LogP contribution is 2.26. The topological polar surface area (TPSA) is 80.9 Å². The lowest BCUT2D eigenvalue weighted by atomic mass is 10.1. The smallest absolute Gasteiger partial charge is 0.121 e. The molecule has 0 amide bonds. The summed E-state index contributed by atoms with van der Waals surface area (Å²) in [5, 5.41) is 36.5. The molecule has 128 valence electrons. The molecule has 0 aliphatic heterocycles. The van der Waals surface area contributed by atoms with Crippen LogP contribution < -0.4 is 0 Å². The van der Waals surface area contributed by atoms with Gasteiger partial charge in [-0.3, -0.25) is 0 Å². The summed E-state index contributed by atoms with van der Waals surface area (Å²) in [5.41, 5.74) is 2.82. The van der Waals surface area contributed by atoms with Gasteiger partial charge in [-0.25, -0.2) is 0 Å². The number of aryl methyl sites for hydroxylation is 4. The van der Waals surface area contributed by atoms with E-state index < -0.39 is 0 Å². The van der Waals surface area contributed by atoms with Crippen molar-refractivity contribution >= 4 is 0 Å². The minimum absolute atomic E-state index is 0.202. The summed E-state index contributed by atoms with van der Waals surface area (Å²) in [7, 11) is 0. The Kier molecular flexibility index (Phi) is 8.63. The van der Waals surface area contributed by atoms with Gasteiger partial charge in [-0.05, 0) is 74.2 Å². The van der Waals surface area contributed by atoms with E-state index in [0.717, 1.165) is 0 Å². The summed E-state index contributed by atoms with van der Waals surface area (Å²) >= 11 is 0. The van der Waals surface area contributed by atoms with E-state index in [0.29, 0.717) is 22.3 Å². The second-order valence-corrected chi connectivity index (χ2v) is 5.56. The largest absolute Gasteiger partial charge is 0.508 e. The van der Waals surface area contributed by atoms with Crippen LogP contribution in [0.4, 0.5) is 0 Å². The van der Waals surface area contributed by atoms with Crippen molar-refractivity contribution in [2.75, 3.05) is 0 Å².